The molecule has 0 unspecified atom stereocenters. The number of benzene rings is 1. The topological polar surface area (TPSA) is 12.0 Å². The van der Waals surface area contributed by atoms with Gasteiger partial charge >= 0.3 is 0 Å². The van der Waals surface area contributed by atoms with Crippen LogP contribution < -0.4 is 5.32 Å². The second kappa shape index (κ2) is 5.36. The van der Waals surface area contributed by atoms with Crippen LogP contribution in [0.2, 0.25) is 5.02 Å². The smallest absolute Gasteiger partial charge is 0.0417 e. The first-order valence-corrected chi connectivity index (χ1v) is 5.63. The van der Waals surface area contributed by atoms with E-state index >= 15 is 0 Å². The molecule has 0 spiro atoms. The van der Waals surface area contributed by atoms with Crippen LogP contribution in [0.3, 0.4) is 0 Å². The number of hydrogen-bond donors (Lipinski definition) is 1. The first kappa shape index (κ1) is 12.3. The predicted molar refractivity (Wildman–Crippen MR) is 66.4 cm³/mol. The van der Waals surface area contributed by atoms with Gasteiger partial charge in [-0.2, -0.15) is 0 Å². The number of rotatable bonds is 1. The van der Waals surface area contributed by atoms with Gasteiger partial charge in [-0.15, -0.1) is 12.4 Å². The third kappa shape index (κ3) is 2.63. The second-order valence-electron chi connectivity index (χ2n) is 3.31. The summed E-state index contributed by atoms with van der Waals surface area (Å²) in [5.41, 5.74) is 1.32. The lowest BCUT2D eigenvalue weighted by Gasteiger charge is -2.12. The van der Waals surface area contributed by atoms with Crippen molar-refractivity contribution in [2.24, 2.45) is 0 Å². The summed E-state index contributed by atoms with van der Waals surface area (Å²) in [7, 11) is 0. The Morgan fingerprint density at radius 3 is 2.79 bits per heavy atom. The Hall–Kier alpha value is 0.240. The molecule has 0 aliphatic carbocycles. The molecule has 0 bridgehead atoms. The molecule has 1 atom stereocenters. The van der Waals surface area contributed by atoms with Crippen molar-refractivity contribution >= 4 is 39.9 Å². The average Bonchev–Trinajstić information content (AvgIpc) is 2.56. The molecule has 0 radical (unpaired) electrons. The van der Waals surface area contributed by atoms with E-state index in [1.807, 2.05) is 12.1 Å². The summed E-state index contributed by atoms with van der Waals surface area (Å²) in [6.45, 7) is 1.12. The number of halogens is 3. The quantitative estimate of drug-likeness (QED) is 0.827. The van der Waals surface area contributed by atoms with Gasteiger partial charge in [0.15, 0.2) is 0 Å². The van der Waals surface area contributed by atoms with Gasteiger partial charge in [-0.1, -0.05) is 33.6 Å². The van der Waals surface area contributed by atoms with Gasteiger partial charge in [-0.05, 0) is 37.1 Å². The number of nitrogens with one attached hydrogen (secondary N) is 1. The zero-order valence-electron chi connectivity index (χ0n) is 7.59. The van der Waals surface area contributed by atoms with Crippen LogP contribution >= 0.6 is 39.9 Å². The Balaban J connectivity index is 0.000000980. The molecule has 4 heteroatoms. The Kier molecular flexibility index (Phi) is 4.71. The summed E-state index contributed by atoms with van der Waals surface area (Å²) >= 11 is 9.41. The fourth-order valence-corrected chi connectivity index (χ4v) is 2.69. The average molecular weight is 297 g/mol. The molecule has 0 aromatic heterocycles. The fraction of sp³-hybridized carbons (Fsp3) is 0.400. The van der Waals surface area contributed by atoms with Gasteiger partial charge in [0.1, 0.15) is 0 Å². The molecule has 0 amide bonds. The van der Waals surface area contributed by atoms with Crippen LogP contribution in [0.1, 0.15) is 24.4 Å². The maximum Gasteiger partial charge on any atom is 0.0417 e. The van der Waals surface area contributed by atoms with Gasteiger partial charge in [0.05, 0.1) is 0 Å². The van der Waals surface area contributed by atoms with Crippen LogP contribution in [0.25, 0.3) is 0 Å². The molecule has 14 heavy (non-hydrogen) atoms. The number of hydrogen-bond acceptors (Lipinski definition) is 1. The van der Waals surface area contributed by atoms with Gasteiger partial charge in [0.2, 0.25) is 0 Å². The molecule has 1 N–H and O–H groups in total. The van der Waals surface area contributed by atoms with E-state index in [1.54, 1.807) is 0 Å². The second-order valence-corrected chi connectivity index (χ2v) is 4.61. The molecule has 1 aromatic carbocycles. The minimum atomic E-state index is 0. The summed E-state index contributed by atoms with van der Waals surface area (Å²) < 4.78 is 1.11. The van der Waals surface area contributed by atoms with E-state index in [0.717, 1.165) is 16.0 Å². The molecule has 1 fully saturated rings. The maximum atomic E-state index is 5.87. The molecule has 2 rings (SSSR count). The van der Waals surface area contributed by atoms with E-state index in [4.69, 9.17) is 11.6 Å². The van der Waals surface area contributed by atoms with Crippen LogP contribution in [0.5, 0.6) is 0 Å². The zero-order chi connectivity index (χ0) is 9.26. The minimum absolute atomic E-state index is 0. The normalized spacial score (nSPS) is 20.6. The molecule has 78 valence electrons. The summed E-state index contributed by atoms with van der Waals surface area (Å²) in [6, 6.07) is 6.50. The largest absolute Gasteiger partial charge is 0.310 e. The van der Waals surface area contributed by atoms with Crippen LogP contribution in [0, 0.1) is 0 Å². The van der Waals surface area contributed by atoms with E-state index in [-0.39, 0.29) is 12.4 Å². The molecule has 1 aliphatic heterocycles. The standard InChI is InChI=1S/C10H11BrClN.ClH/c11-9-6-7(12)3-4-8(9)10-2-1-5-13-10;/h3-4,6,10,13H,1-2,5H2;1H/t10-;/m1./s1. The summed E-state index contributed by atoms with van der Waals surface area (Å²) in [5, 5.41) is 4.25. The molecule has 1 saturated heterocycles. The highest BCUT2D eigenvalue weighted by Crippen LogP contribution is 2.31. The Labute approximate surface area is 104 Å². The van der Waals surface area contributed by atoms with Crippen LogP contribution in [-0.4, -0.2) is 6.54 Å². The molecular formula is C10H12BrCl2N. The molecule has 0 saturated carbocycles. The lowest BCUT2D eigenvalue weighted by molar-refractivity contribution is 0.645. The van der Waals surface area contributed by atoms with Crippen LogP contribution in [0.4, 0.5) is 0 Å². The fourth-order valence-electron chi connectivity index (χ4n) is 1.73. The van der Waals surface area contributed by atoms with Gasteiger partial charge < -0.3 is 5.32 Å². The predicted octanol–water partition coefficient (Wildman–Crippen LogP) is 3.95. The lowest BCUT2D eigenvalue weighted by Crippen LogP contribution is -2.13. The van der Waals surface area contributed by atoms with E-state index in [1.165, 1.54) is 18.4 Å². The van der Waals surface area contributed by atoms with Crippen molar-refractivity contribution < 1.29 is 0 Å². The third-order valence-electron chi connectivity index (χ3n) is 2.40. The van der Waals surface area contributed by atoms with Crippen LogP contribution in [-0.2, 0) is 0 Å². The van der Waals surface area contributed by atoms with Crippen molar-refractivity contribution in [1.82, 2.24) is 5.32 Å². The Bertz CT molecular complexity index is 311. The van der Waals surface area contributed by atoms with Gasteiger partial charge in [-0.25, -0.2) is 0 Å². The summed E-state index contributed by atoms with van der Waals surface area (Å²) in [6.07, 6.45) is 2.49. The van der Waals surface area contributed by atoms with Crippen molar-refractivity contribution in [1.29, 1.82) is 0 Å². The van der Waals surface area contributed by atoms with Crippen molar-refractivity contribution in [3.8, 4) is 0 Å². The van der Waals surface area contributed by atoms with Gasteiger partial charge in [0.25, 0.3) is 0 Å². The third-order valence-corrected chi connectivity index (χ3v) is 3.32. The van der Waals surface area contributed by atoms with Crippen molar-refractivity contribution in [2.75, 3.05) is 6.54 Å². The maximum absolute atomic E-state index is 5.87. The first-order valence-electron chi connectivity index (χ1n) is 4.46. The molecule has 1 heterocycles. The highest BCUT2D eigenvalue weighted by molar-refractivity contribution is 9.10. The summed E-state index contributed by atoms with van der Waals surface area (Å²) in [5.74, 6) is 0. The van der Waals surface area contributed by atoms with Crippen molar-refractivity contribution in [2.45, 2.75) is 18.9 Å². The van der Waals surface area contributed by atoms with Crippen molar-refractivity contribution in [3.05, 3.63) is 33.3 Å². The molecule has 1 aromatic rings. The van der Waals surface area contributed by atoms with Crippen molar-refractivity contribution in [3.63, 3.8) is 0 Å². The van der Waals surface area contributed by atoms with Gasteiger partial charge in [0, 0.05) is 15.5 Å². The zero-order valence-corrected chi connectivity index (χ0v) is 10.8. The first-order chi connectivity index (χ1) is 6.27. The highest BCUT2D eigenvalue weighted by atomic mass is 79.9. The van der Waals surface area contributed by atoms with E-state index in [0.29, 0.717) is 6.04 Å². The minimum Gasteiger partial charge on any atom is -0.310 e. The monoisotopic (exact) mass is 295 g/mol. The van der Waals surface area contributed by atoms with E-state index in [2.05, 4.69) is 27.3 Å². The highest BCUT2D eigenvalue weighted by Gasteiger charge is 2.18. The summed E-state index contributed by atoms with van der Waals surface area (Å²) in [4.78, 5) is 0. The molecular weight excluding hydrogens is 285 g/mol. The molecule has 1 aliphatic rings. The van der Waals surface area contributed by atoms with Crippen LogP contribution in [0.15, 0.2) is 22.7 Å². The SMILES string of the molecule is Cl.Clc1ccc([C@H]2CCCN2)c(Br)c1. The van der Waals surface area contributed by atoms with Gasteiger partial charge in [-0.3, -0.25) is 0 Å². The Morgan fingerprint density at radius 1 is 1.43 bits per heavy atom. The van der Waals surface area contributed by atoms with E-state index < -0.39 is 0 Å². The Morgan fingerprint density at radius 2 is 2.21 bits per heavy atom. The lowest BCUT2D eigenvalue weighted by atomic mass is 10.1. The molecule has 1 nitrogen and oxygen atoms in total. The van der Waals surface area contributed by atoms with E-state index in [9.17, 15) is 0 Å².